The Kier molecular flexibility index (Phi) is 5.70. The van der Waals surface area contributed by atoms with Crippen molar-refractivity contribution in [3.8, 4) is 0 Å². The fraction of sp³-hybridized carbons (Fsp3) is 0.214. The quantitative estimate of drug-likeness (QED) is 0.394. The summed E-state index contributed by atoms with van der Waals surface area (Å²) in [7, 11) is 0. The van der Waals surface area contributed by atoms with E-state index in [0.717, 1.165) is 42.4 Å². The predicted molar refractivity (Wildman–Crippen MR) is 126 cm³/mol. The number of nitrogens with zero attached hydrogens (tertiary/aromatic N) is 2. The minimum Gasteiger partial charge on any atom is -0.448 e. The van der Waals surface area contributed by atoms with E-state index in [0.29, 0.717) is 12.1 Å². The van der Waals surface area contributed by atoms with Crippen LogP contribution >= 0.6 is 0 Å². The summed E-state index contributed by atoms with van der Waals surface area (Å²) in [6.07, 6.45) is 3.50. The summed E-state index contributed by atoms with van der Waals surface area (Å²) in [5.74, 6) is -0.304. The van der Waals surface area contributed by atoms with Crippen LogP contribution in [0.1, 0.15) is 34.5 Å². The standard InChI is InChI=1S/C28H26N2O2/c31-27(24-13-5-2-6-14-24)32-28(26-25-15-8-7-12-23(25)16-18-29-26)17-9-19-30(21-28)20-22-10-3-1-4-11-22/h1-8,10-16,18H,9,17,19-21H2/t28-/m0/s1. The first-order chi connectivity index (χ1) is 15.7. The van der Waals surface area contributed by atoms with Gasteiger partial charge in [-0.25, -0.2) is 4.79 Å². The van der Waals surface area contributed by atoms with E-state index in [1.807, 2.05) is 48.7 Å². The highest BCUT2D eigenvalue weighted by Gasteiger charge is 2.43. The summed E-state index contributed by atoms with van der Waals surface area (Å²) in [6.45, 7) is 2.39. The minimum absolute atomic E-state index is 0.304. The van der Waals surface area contributed by atoms with E-state index < -0.39 is 5.60 Å². The maximum atomic E-state index is 13.2. The lowest BCUT2D eigenvalue weighted by Crippen LogP contribution is -2.49. The molecule has 4 aromatic rings. The number of hydrogen-bond donors (Lipinski definition) is 0. The van der Waals surface area contributed by atoms with E-state index in [1.54, 1.807) is 12.1 Å². The van der Waals surface area contributed by atoms with Crippen molar-refractivity contribution in [2.24, 2.45) is 0 Å². The Morgan fingerprint density at radius 2 is 1.62 bits per heavy atom. The number of piperidine rings is 1. The van der Waals surface area contributed by atoms with Crippen LogP contribution in [0.3, 0.4) is 0 Å². The Morgan fingerprint density at radius 3 is 2.44 bits per heavy atom. The number of esters is 1. The van der Waals surface area contributed by atoms with Gasteiger partial charge in [0, 0.05) is 24.7 Å². The molecule has 0 amide bonds. The summed E-state index contributed by atoms with van der Waals surface area (Å²) in [5.41, 5.74) is 1.86. The molecule has 0 unspecified atom stereocenters. The molecule has 32 heavy (non-hydrogen) atoms. The summed E-state index contributed by atoms with van der Waals surface area (Å²) in [5, 5.41) is 2.14. The zero-order chi connectivity index (χ0) is 21.8. The zero-order valence-corrected chi connectivity index (χ0v) is 18.0. The second kappa shape index (κ2) is 8.93. The van der Waals surface area contributed by atoms with Gasteiger partial charge in [0.1, 0.15) is 0 Å². The molecule has 160 valence electrons. The molecule has 1 saturated heterocycles. The van der Waals surface area contributed by atoms with Gasteiger partial charge >= 0.3 is 5.97 Å². The monoisotopic (exact) mass is 422 g/mol. The lowest BCUT2D eigenvalue weighted by Gasteiger charge is -2.42. The van der Waals surface area contributed by atoms with Crippen molar-refractivity contribution in [1.82, 2.24) is 9.88 Å². The number of rotatable bonds is 5. The molecular weight excluding hydrogens is 396 g/mol. The van der Waals surface area contributed by atoms with Crippen LogP contribution in [0.4, 0.5) is 0 Å². The molecular formula is C28H26N2O2. The third-order valence-electron chi connectivity index (χ3n) is 6.19. The van der Waals surface area contributed by atoms with Crippen molar-refractivity contribution in [3.05, 3.63) is 114 Å². The Labute approximate surface area is 188 Å². The van der Waals surface area contributed by atoms with Gasteiger partial charge in [0.15, 0.2) is 5.60 Å². The average molecular weight is 423 g/mol. The van der Waals surface area contributed by atoms with Crippen molar-refractivity contribution in [3.63, 3.8) is 0 Å². The molecule has 1 fully saturated rings. The number of hydrogen-bond acceptors (Lipinski definition) is 4. The second-order valence-electron chi connectivity index (χ2n) is 8.43. The fourth-order valence-corrected chi connectivity index (χ4v) is 4.70. The summed E-state index contributed by atoms with van der Waals surface area (Å²) >= 11 is 0. The molecule has 1 aliphatic rings. The number of benzene rings is 3. The molecule has 1 atom stereocenters. The smallest absolute Gasteiger partial charge is 0.339 e. The maximum absolute atomic E-state index is 13.2. The topological polar surface area (TPSA) is 42.4 Å². The van der Waals surface area contributed by atoms with Gasteiger partial charge in [-0.1, -0.05) is 72.8 Å². The highest BCUT2D eigenvalue weighted by Crippen LogP contribution is 2.39. The van der Waals surface area contributed by atoms with Crippen LogP contribution in [-0.4, -0.2) is 28.9 Å². The van der Waals surface area contributed by atoms with Crippen LogP contribution in [-0.2, 0) is 16.9 Å². The highest BCUT2D eigenvalue weighted by atomic mass is 16.6. The van der Waals surface area contributed by atoms with E-state index in [1.165, 1.54) is 5.56 Å². The van der Waals surface area contributed by atoms with Gasteiger partial charge in [-0.3, -0.25) is 9.88 Å². The normalized spacial score (nSPS) is 19.0. The minimum atomic E-state index is -0.805. The zero-order valence-electron chi connectivity index (χ0n) is 18.0. The molecule has 1 aliphatic heterocycles. The molecule has 0 radical (unpaired) electrons. The highest BCUT2D eigenvalue weighted by molar-refractivity contribution is 5.90. The molecule has 0 N–H and O–H groups in total. The first-order valence-electron chi connectivity index (χ1n) is 11.1. The summed E-state index contributed by atoms with van der Waals surface area (Å²) in [4.78, 5) is 20.4. The number of ether oxygens (including phenoxy) is 1. The molecule has 4 nitrogen and oxygen atoms in total. The number of fused-ring (bicyclic) bond motifs is 1. The van der Waals surface area contributed by atoms with Crippen LogP contribution in [0.15, 0.2) is 97.2 Å². The molecule has 0 bridgehead atoms. The van der Waals surface area contributed by atoms with Crippen molar-refractivity contribution in [2.75, 3.05) is 13.1 Å². The lowest BCUT2D eigenvalue weighted by molar-refractivity contribution is -0.0649. The van der Waals surface area contributed by atoms with E-state index in [4.69, 9.17) is 9.72 Å². The Bertz CT molecular complexity index is 1200. The second-order valence-corrected chi connectivity index (χ2v) is 8.43. The van der Waals surface area contributed by atoms with Gasteiger partial charge in [0.05, 0.1) is 11.3 Å². The third kappa shape index (κ3) is 4.14. The van der Waals surface area contributed by atoms with E-state index >= 15 is 0 Å². The van der Waals surface area contributed by atoms with E-state index in [9.17, 15) is 4.79 Å². The van der Waals surface area contributed by atoms with Gasteiger partial charge in [-0.05, 0) is 48.5 Å². The maximum Gasteiger partial charge on any atom is 0.339 e. The number of carbonyl (C=O) groups is 1. The number of likely N-dealkylation sites (tertiary alicyclic amines) is 1. The molecule has 0 spiro atoms. The van der Waals surface area contributed by atoms with Crippen molar-refractivity contribution in [1.29, 1.82) is 0 Å². The molecule has 1 aromatic heterocycles. The molecule has 0 saturated carbocycles. The van der Waals surface area contributed by atoms with Gasteiger partial charge < -0.3 is 4.74 Å². The number of pyridine rings is 1. The molecule has 4 heteroatoms. The lowest BCUT2D eigenvalue weighted by atomic mass is 9.86. The van der Waals surface area contributed by atoms with Crippen LogP contribution in [0.25, 0.3) is 10.8 Å². The molecule has 0 aliphatic carbocycles. The molecule has 5 rings (SSSR count). The average Bonchev–Trinajstić information content (AvgIpc) is 2.85. The first-order valence-corrected chi connectivity index (χ1v) is 11.1. The van der Waals surface area contributed by atoms with Gasteiger partial charge in [0.25, 0.3) is 0 Å². The first kappa shape index (κ1) is 20.4. The fourth-order valence-electron chi connectivity index (χ4n) is 4.70. The number of aromatic nitrogens is 1. The van der Waals surface area contributed by atoms with Crippen LogP contribution < -0.4 is 0 Å². The molecule has 2 heterocycles. The van der Waals surface area contributed by atoms with Crippen molar-refractivity contribution >= 4 is 16.7 Å². The van der Waals surface area contributed by atoms with Crippen LogP contribution in [0.5, 0.6) is 0 Å². The van der Waals surface area contributed by atoms with Crippen molar-refractivity contribution in [2.45, 2.75) is 25.0 Å². The number of carbonyl (C=O) groups excluding carboxylic acids is 1. The van der Waals surface area contributed by atoms with Crippen LogP contribution in [0, 0.1) is 0 Å². The summed E-state index contributed by atoms with van der Waals surface area (Å²) < 4.78 is 6.38. The Balaban J connectivity index is 1.54. The largest absolute Gasteiger partial charge is 0.448 e. The van der Waals surface area contributed by atoms with E-state index in [2.05, 4.69) is 41.3 Å². The van der Waals surface area contributed by atoms with E-state index in [-0.39, 0.29) is 5.97 Å². The Morgan fingerprint density at radius 1 is 0.906 bits per heavy atom. The predicted octanol–water partition coefficient (Wildman–Crippen LogP) is 5.58. The van der Waals surface area contributed by atoms with Gasteiger partial charge in [0.2, 0.25) is 0 Å². The molecule has 3 aromatic carbocycles. The van der Waals surface area contributed by atoms with Gasteiger partial charge in [-0.2, -0.15) is 0 Å². The van der Waals surface area contributed by atoms with Crippen molar-refractivity contribution < 1.29 is 9.53 Å². The SMILES string of the molecule is O=C(O[C@@]1(c2nccc3ccccc23)CCCN(Cc2ccccc2)C1)c1ccccc1. The Hall–Kier alpha value is -3.50. The summed E-state index contributed by atoms with van der Waals surface area (Å²) in [6, 6.07) is 29.9. The van der Waals surface area contributed by atoms with Gasteiger partial charge in [-0.15, -0.1) is 0 Å². The third-order valence-corrected chi connectivity index (χ3v) is 6.19. The van der Waals surface area contributed by atoms with Crippen LogP contribution in [0.2, 0.25) is 0 Å².